The number of nitrogens with one attached hydrogen (secondary N) is 2. The maximum absolute atomic E-state index is 14.8. The zero-order valence-corrected chi connectivity index (χ0v) is 31.2. The minimum atomic E-state index is -0.483. The van der Waals surface area contributed by atoms with Crippen molar-refractivity contribution >= 4 is 55.0 Å². The normalized spacial score (nSPS) is 12.4. The molecule has 0 atom stereocenters. The van der Waals surface area contributed by atoms with E-state index >= 15 is 0 Å². The van der Waals surface area contributed by atoms with Gasteiger partial charge in [-0.15, -0.1) is 11.3 Å². The van der Waals surface area contributed by atoms with Crippen molar-refractivity contribution in [3.63, 3.8) is 0 Å². The molecule has 14 heteroatoms. The van der Waals surface area contributed by atoms with E-state index in [-0.39, 0.29) is 50.5 Å². The monoisotopic (exact) mass is 756 g/mol. The summed E-state index contributed by atoms with van der Waals surface area (Å²) in [6, 6.07) is 18.2. The lowest BCUT2D eigenvalue weighted by molar-refractivity contribution is 0.0835. The molecule has 53 heavy (non-hydrogen) atoms. The van der Waals surface area contributed by atoms with Crippen LogP contribution in [0.2, 0.25) is 0 Å². The van der Waals surface area contributed by atoms with Crippen molar-refractivity contribution in [1.29, 1.82) is 0 Å². The van der Waals surface area contributed by atoms with E-state index in [1.54, 1.807) is 12.1 Å². The first-order valence-electron chi connectivity index (χ1n) is 17.3. The van der Waals surface area contributed by atoms with Gasteiger partial charge in [-0.05, 0) is 80.9 Å². The maximum Gasteiger partial charge on any atom is 0.271 e. The van der Waals surface area contributed by atoms with E-state index < -0.39 is 5.82 Å². The number of amides is 2. The Balaban J connectivity index is 1.14. The summed E-state index contributed by atoms with van der Waals surface area (Å²) in [5.41, 5.74) is 4.29. The Morgan fingerprint density at radius 3 is 2.72 bits per heavy atom. The number of thiazole rings is 2. The molecule has 0 fully saturated rings. The molecule has 276 valence electrons. The third kappa shape index (κ3) is 9.95. The van der Waals surface area contributed by atoms with Gasteiger partial charge in [0.1, 0.15) is 5.69 Å². The van der Waals surface area contributed by atoms with Gasteiger partial charge >= 0.3 is 0 Å². The number of fused-ring (bicyclic) bond motifs is 2. The van der Waals surface area contributed by atoms with Crippen molar-refractivity contribution in [2.75, 3.05) is 70.4 Å². The Hall–Kier alpha value is -4.91. The first kappa shape index (κ1) is 37.8. The van der Waals surface area contributed by atoms with Gasteiger partial charge in [-0.2, -0.15) is 0 Å². The number of aliphatic hydroxyl groups is 1. The minimum Gasteiger partial charge on any atom is -0.491 e. The van der Waals surface area contributed by atoms with Crippen molar-refractivity contribution in [3.8, 4) is 17.6 Å². The first-order valence-corrected chi connectivity index (χ1v) is 19.0. The van der Waals surface area contributed by atoms with Crippen molar-refractivity contribution in [2.24, 2.45) is 0 Å². The van der Waals surface area contributed by atoms with Crippen LogP contribution >= 0.6 is 22.7 Å². The molecule has 5 aromatic rings. The molecule has 11 nitrogen and oxygen atoms in total. The van der Waals surface area contributed by atoms with E-state index in [1.807, 2.05) is 61.5 Å². The number of aliphatic hydroxyl groups excluding tert-OH is 1. The average Bonchev–Trinajstić information content (AvgIpc) is 3.77. The Bertz CT molecular complexity index is 2090. The number of halogens is 1. The summed E-state index contributed by atoms with van der Waals surface area (Å²) in [6.45, 7) is 2.51. The number of rotatable bonds is 15. The smallest absolute Gasteiger partial charge is 0.271 e. The molecule has 1 aliphatic rings. The number of aromatic nitrogens is 2. The lowest BCUT2D eigenvalue weighted by Crippen LogP contribution is -2.32. The van der Waals surface area contributed by atoms with Crippen LogP contribution in [0.15, 0.2) is 60.7 Å². The molecule has 2 amide bonds. The number of nitrogens with zero attached hydrogens (tertiary/aromatic N) is 4. The van der Waals surface area contributed by atoms with Gasteiger partial charge in [-0.1, -0.05) is 47.4 Å². The van der Waals surface area contributed by atoms with Gasteiger partial charge in [-0.3, -0.25) is 19.8 Å². The Morgan fingerprint density at radius 2 is 1.91 bits per heavy atom. The highest BCUT2D eigenvalue weighted by atomic mass is 32.1. The molecule has 3 heterocycles. The second-order valence-corrected chi connectivity index (χ2v) is 14.6. The van der Waals surface area contributed by atoms with Gasteiger partial charge in [0.25, 0.3) is 11.8 Å². The molecule has 0 aliphatic carbocycles. The van der Waals surface area contributed by atoms with Crippen LogP contribution < -0.4 is 20.3 Å². The van der Waals surface area contributed by atoms with E-state index in [9.17, 15) is 14.0 Å². The van der Waals surface area contributed by atoms with E-state index in [4.69, 9.17) is 19.6 Å². The molecule has 3 aromatic carbocycles. The van der Waals surface area contributed by atoms with E-state index in [1.165, 1.54) is 28.7 Å². The number of ether oxygens (including phenoxy) is 2. The largest absolute Gasteiger partial charge is 0.491 e. The number of hydrogen-bond donors (Lipinski definition) is 3. The number of anilines is 2. The molecular formula is C39H41FN6O5S2. The fourth-order valence-corrected chi connectivity index (χ4v) is 7.75. The number of hydrogen-bond acceptors (Lipinski definition) is 11. The summed E-state index contributed by atoms with van der Waals surface area (Å²) in [5, 5.41) is 16.0. The molecule has 0 saturated carbocycles. The molecule has 1 aliphatic heterocycles. The molecule has 2 aromatic heterocycles. The fourth-order valence-electron chi connectivity index (χ4n) is 5.77. The minimum absolute atomic E-state index is 0.0984. The number of para-hydroxylation sites is 1. The third-order valence-corrected chi connectivity index (χ3v) is 10.5. The molecular weight excluding hydrogens is 716 g/mol. The second kappa shape index (κ2) is 18.2. The quantitative estimate of drug-likeness (QED) is 0.0955. The van der Waals surface area contributed by atoms with E-state index in [0.29, 0.717) is 66.0 Å². The Kier molecular flexibility index (Phi) is 13.0. The van der Waals surface area contributed by atoms with Crippen LogP contribution in [-0.2, 0) is 24.1 Å². The lowest BCUT2D eigenvalue weighted by Gasteiger charge is -2.29. The predicted octanol–water partition coefficient (Wildman–Crippen LogP) is 5.37. The summed E-state index contributed by atoms with van der Waals surface area (Å²) in [6.07, 6.45) is 1.71. The first-order chi connectivity index (χ1) is 25.8. The fraction of sp³-hybridized carbons (Fsp3) is 0.333. The maximum atomic E-state index is 14.8. The van der Waals surface area contributed by atoms with E-state index in [0.717, 1.165) is 26.2 Å². The van der Waals surface area contributed by atoms with Crippen molar-refractivity contribution in [1.82, 2.24) is 20.2 Å². The van der Waals surface area contributed by atoms with Gasteiger partial charge < -0.3 is 24.8 Å². The number of aryl methyl sites for hydroxylation is 1. The number of benzene rings is 3. The highest BCUT2D eigenvalue weighted by Crippen LogP contribution is 2.33. The topological polar surface area (TPSA) is 129 Å². The van der Waals surface area contributed by atoms with Crippen LogP contribution in [0.4, 0.5) is 14.7 Å². The number of carbonyl (C=O) groups excluding carboxylic acids is 2. The van der Waals surface area contributed by atoms with E-state index in [2.05, 4.69) is 32.4 Å². The summed E-state index contributed by atoms with van der Waals surface area (Å²) in [5.74, 6) is 5.05. The highest BCUT2D eigenvalue weighted by molar-refractivity contribution is 7.22. The average molecular weight is 757 g/mol. The number of carbonyl (C=O) groups is 2. The van der Waals surface area contributed by atoms with Gasteiger partial charge in [0, 0.05) is 35.6 Å². The Labute approximate surface area is 315 Å². The summed E-state index contributed by atoms with van der Waals surface area (Å²) >= 11 is 2.86. The van der Waals surface area contributed by atoms with Crippen molar-refractivity contribution < 1.29 is 28.6 Å². The van der Waals surface area contributed by atoms with Gasteiger partial charge in [0.15, 0.2) is 21.8 Å². The molecule has 6 rings (SSSR count). The molecule has 0 radical (unpaired) electrons. The summed E-state index contributed by atoms with van der Waals surface area (Å²) in [4.78, 5) is 41.1. The summed E-state index contributed by atoms with van der Waals surface area (Å²) < 4.78 is 26.9. The standard InChI is InChI=1S/C39H41FN6O5S2/c1-45(2)18-6-8-26-14-15-32(30(40)24-26)51-21-7-13-34-35(37(49)41-17-22-50-23-20-47)43-39(53-34)46-19-16-27-9-5-10-28(29(27)25-46)36(48)44-38-42-31-11-3-4-12-33(31)52-38/h3-5,9-12,14-15,24,47H,7,13,16-23,25H2,1-2H3,(H,41,49)(H,42,44,48). The molecule has 0 saturated heterocycles. The van der Waals surface area contributed by atoms with Gasteiger partial charge in [0.05, 0.1) is 43.2 Å². The highest BCUT2D eigenvalue weighted by Gasteiger charge is 2.27. The second-order valence-electron chi connectivity index (χ2n) is 12.6. The lowest BCUT2D eigenvalue weighted by atomic mass is 9.94. The molecule has 3 N–H and O–H groups in total. The zero-order chi connectivity index (χ0) is 37.2. The van der Waals surface area contributed by atoms with Gasteiger partial charge in [-0.25, -0.2) is 14.4 Å². The molecule has 0 bridgehead atoms. The van der Waals surface area contributed by atoms with Crippen LogP contribution in [0.5, 0.6) is 5.75 Å². The third-order valence-electron chi connectivity index (χ3n) is 8.34. The van der Waals surface area contributed by atoms with Crippen LogP contribution in [-0.4, -0.2) is 91.9 Å². The van der Waals surface area contributed by atoms with Crippen molar-refractivity contribution in [3.05, 3.63) is 99.3 Å². The van der Waals surface area contributed by atoms with Crippen LogP contribution in [0.1, 0.15) is 48.8 Å². The Morgan fingerprint density at radius 1 is 1.04 bits per heavy atom. The summed E-state index contributed by atoms with van der Waals surface area (Å²) in [7, 11) is 3.84. The molecule has 0 unspecified atom stereocenters. The zero-order valence-electron chi connectivity index (χ0n) is 29.6. The SMILES string of the molecule is CN(C)CC#Cc1ccc(OCCCc2sc(N3CCc4cccc(C(=O)Nc5nc6ccccc6s5)c4C3)nc2C(=O)NCCOCCO)c(F)c1. The van der Waals surface area contributed by atoms with Crippen LogP contribution in [0.3, 0.4) is 0 Å². The van der Waals surface area contributed by atoms with Crippen LogP contribution in [0.25, 0.3) is 10.2 Å². The van der Waals surface area contributed by atoms with Crippen LogP contribution in [0, 0.1) is 17.7 Å². The molecule has 0 spiro atoms. The van der Waals surface area contributed by atoms with Gasteiger partial charge in [0.2, 0.25) is 0 Å². The van der Waals surface area contributed by atoms with Crippen molar-refractivity contribution in [2.45, 2.75) is 25.8 Å². The predicted molar refractivity (Wildman–Crippen MR) is 207 cm³/mol.